The highest BCUT2D eigenvalue weighted by Crippen LogP contribution is 2.47. The maximum absolute atomic E-state index is 17.4. The van der Waals surface area contributed by atoms with Gasteiger partial charge in [-0.1, -0.05) is 11.6 Å². The summed E-state index contributed by atoms with van der Waals surface area (Å²) in [5.74, 6) is -2.08. The predicted molar refractivity (Wildman–Crippen MR) is 280 cm³/mol. The summed E-state index contributed by atoms with van der Waals surface area (Å²) in [7, 11) is 0.386. The van der Waals surface area contributed by atoms with E-state index in [0.717, 1.165) is 75.3 Å². The van der Waals surface area contributed by atoms with Gasteiger partial charge in [0.1, 0.15) is 35.2 Å². The Morgan fingerprint density at radius 2 is 1.65 bits per heavy atom. The minimum atomic E-state index is -2.90. The Morgan fingerprint density at radius 3 is 2.38 bits per heavy atom. The largest absolute Gasteiger partial charge is 0.494 e. The molecule has 1 atom stereocenters. The average Bonchev–Trinajstić information content (AvgIpc) is 3.93. The van der Waals surface area contributed by atoms with Crippen molar-refractivity contribution < 1.29 is 32.9 Å². The van der Waals surface area contributed by atoms with E-state index in [1.807, 2.05) is 12.1 Å². The van der Waals surface area contributed by atoms with Gasteiger partial charge in [-0.15, -0.1) is 0 Å². The Kier molecular flexibility index (Phi) is 12.9. The van der Waals surface area contributed by atoms with Crippen LogP contribution in [0.4, 0.5) is 38.9 Å². The molecular weight excluding hydrogens is 988 g/mol. The van der Waals surface area contributed by atoms with Gasteiger partial charge in [0.25, 0.3) is 11.8 Å². The summed E-state index contributed by atoms with van der Waals surface area (Å²) in [6, 6.07) is 10.2. The molecule has 384 valence electrons. The summed E-state index contributed by atoms with van der Waals surface area (Å²) in [6.07, 6.45) is 14.1. The molecule has 11 rings (SSSR count). The number of carbonyl (C=O) groups is 4. The first-order valence-corrected chi connectivity index (χ1v) is 27.9. The third-order valence-corrected chi connectivity index (χ3v) is 17.2. The fourth-order valence-electron chi connectivity index (χ4n) is 11.7. The zero-order chi connectivity index (χ0) is 51.6. The van der Waals surface area contributed by atoms with E-state index >= 15 is 4.39 Å². The maximum Gasteiger partial charge on any atom is 0.262 e. The van der Waals surface area contributed by atoms with E-state index in [9.17, 15) is 23.7 Å². The normalized spacial score (nSPS) is 19.6. The number of benzene rings is 3. The summed E-state index contributed by atoms with van der Waals surface area (Å²) in [6.45, 7) is 8.32. The SMILES string of the molecule is COc1cc(N2CCC(N3CCC4(CCCN(c5ccc6c(c5)C(=O)N(C5CCC(=O)NC5=O)C6=O)C4)CC3)CC2)c(-c2cnn(C)c2)c(F)c1Nc1ncc(Cl)c(Nc2ccc3nccnc3c2P(C)(C)=O)n1. The first-order chi connectivity index (χ1) is 35.6. The van der Waals surface area contributed by atoms with Gasteiger partial charge in [0.05, 0.1) is 52.8 Å². The number of nitrogens with one attached hydrogen (secondary N) is 3. The Morgan fingerprint density at radius 1 is 0.878 bits per heavy atom. The molecule has 0 aliphatic carbocycles. The zero-order valence-electron chi connectivity index (χ0n) is 41.5. The molecule has 3 N–H and O–H groups in total. The number of imide groups is 2. The molecule has 0 saturated carbocycles. The standard InChI is InChI=1S/C52H56ClFN13O6P/c1-63-28-30(26-58-63)42-39(25-40(73-2)45(43(42)54)61-51-57-27-35(53)47(62-51)59-37-9-8-36-44(56-18-17-55-36)46(37)74(3,4)72)65-20-12-31(13-21-65)64-22-15-52(16-23-64)14-5-19-66(29-52)32-6-7-33-34(24-32)50(71)67(49(33)70)38-10-11-41(68)60-48(38)69/h6-9,17-18,24-28,31,38H,5,10-16,19-23,29H2,1-4H3,(H,60,68,69)(H2,57,59,61,62). The van der Waals surface area contributed by atoms with Crippen molar-refractivity contribution in [1.29, 1.82) is 0 Å². The van der Waals surface area contributed by atoms with Crippen LogP contribution in [0.2, 0.25) is 5.02 Å². The van der Waals surface area contributed by atoms with E-state index in [4.69, 9.17) is 16.3 Å². The number of likely N-dealkylation sites (tertiary alicyclic amines) is 1. The zero-order valence-corrected chi connectivity index (χ0v) is 43.2. The topological polar surface area (TPSA) is 213 Å². The fraction of sp³-hybridized carbons (Fsp3) is 0.404. The average molecular weight is 1040 g/mol. The van der Waals surface area contributed by atoms with Crippen molar-refractivity contribution in [2.45, 2.75) is 63.5 Å². The number of ether oxygens (including phenoxy) is 1. The summed E-state index contributed by atoms with van der Waals surface area (Å²) in [5.41, 5.74) is 4.85. The third-order valence-electron chi connectivity index (χ3n) is 15.4. The van der Waals surface area contributed by atoms with Crippen LogP contribution in [-0.2, 0) is 21.2 Å². The first-order valence-electron chi connectivity index (χ1n) is 24.9. The van der Waals surface area contributed by atoms with Gasteiger partial charge < -0.3 is 34.6 Å². The van der Waals surface area contributed by atoms with E-state index in [0.29, 0.717) is 63.5 Å². The fourth-order valence-corrected chi connectivity index (χ4v) is 13.2. The second-order valence-corrected chi connectivity index (χ2v) is 24.0. The van der Waals surface area contributed by atoms with Gasteiger partial charge in [0.2, 0.25) is 17.8 Å². The smallest absolute Gasteiger partial charge is 0.262 e. The molecule has 4 saturated heterocycles. The number of carbonyl (C=O) groups excluding carboxylic acids is 4. The number of halogens is 2. The van der Waals surface area contributed by atoms with Crippen molar-refractivity contribution >= 4 is 93.2 Å². The molecule has 6 aromatic rings. The number of rotatable bonds is 11. The molecule has 5 aliphatic heterocycles. The number of hydrogen-bond acceptors (Lipinski definition) is 16. The van der Waals surface area contributed by atoms with Crippen molar-refractivity contribution in [3.8, 4) is 16.9 Å². The van der Waals surface area contributed by atoms with Crippen molar-refractivity contribution in [2.75, 3.05) is 80.1 Å². The van der Waals surface area contributed by atoms with Crippen molar-refractivity contribution in [3.05, 3.63) is 89.3 Å². The minimum Gasteiger partial charge on any atom is -0.494 e. The minimum absolute atomic E-state index is 0.0336. The molecular formula is C52H56ClFN13O6P. The van der Waals surface area contributed by atoms with E-state index in [1.165, 1.54) is 13.3 Å². The Bertz CT molecular complexity index is 3320. The molecule has 5 aliphatic rings. The number of nitrogens with zero attached hydrogens (tertiary/aromatic N) is 10. The van der Waals surface area contributed by atoms with Crippen LogP contribution in [0.5, 0.6) is 5.75 Å². The van der Waals surface area contributed by atoms with Gasteiger partial charge in [0.15, 0.2) is 11.6 Å². The van der Waals surface area contributed by atoms with Crippen LogP contribution < -0.4 is 35.8 Å². The molecule has 22 heteroatoms. The predicted octanol–water partition coefficient (Wildman–Crippen LogP) is 7.11. The summed E-state index contributed by atoms with van der Waals surface area (Å²) in [5, 5.41) is 13.7. The number of methoxy groups -OCH3 is 1. The van der Waals surface area contributed by atoms with Crippen LogP contribution in [0, 0.1) is 11.2 Å². The van der Waals surface area contributed by atoms with Gasteiger partial charge in [-0.25, -0.2) is 9.37 Å². The maximum atomic E-state index is 17.4. The van der Waals surface area contributed by atoms with E-state index < -0.39 is 42.6 Å². The van der Waals surface area contributed by atoms with E-state index in [2.05, 4.69) is 55.7 Å². The second-order valence-electron chi connectivity index (χ2n) is 20.4. The number of anilines is 6. The number of fused-ring (bicyclic) bond motifs is 2. The monoisotopic (exact) mass is 1040 g/mol. The molecule has 1 spiro atoms. The first kappa shape index (κ1) is 49.2. The van der Waals surface area contributed by atoms with Crippen LogP contribution in [0.25, 0.3) is 22.2 Å². The van der Waals surface area contributed by atoms with Gasteiger partial charge in [-0.2, -0.15) is 10.1 Å². The number of aryl methyl sites for hydroxylation is 1. The lowest BCUT2D eigenvalue weighted by molar-refractivity contribution is -0.136. The molecule has 1 unspecified atom stereocenters. The van der Waals surface area contributed by atoms with Crippen LogP contribution in [0.15, 0.2) is 67.4 Å². The second kappa shape index (κ2) is 19.4. The van der Waals surface area contributed by atoms with Crippen LogP contribution in [0.1, 0.15) is 72.1 Å². The van der Waals surface area contributed by atoms with Crippen molar-refractivity contribution in [3.63, 3.8) is 0 Å². The van der Waals surface area contributed by atoms with Gasteiger partial charge in [-0.3, -0.25) is 44.0 Å². The number of piperidine rings is 4. The quantitative estimate of drug-likeness (QED) is 0.0871. The number of amides is 4. The Hall–Kier alpha value is -7.02. The molecule has 0 bridgehead atoms. The highest BCUT2D eigenvalue weighted by atomic mass is 35.5. The van der Waals surface area contributed by atoms with Gasteiger partial charge in [0, 0.05) is 87.2 Å². The van der Waals surface area contributed by atoms with Gasteiger partial charge in [-0.05, 0) is 107 Å². The van der Waals surface area contributed by atoms with E-state index in [-0.39, 0.29) is 52.0 Å². The Balaban J connectivity index is 0.771. The van der Waals surface area contributed by atoms with Crippen molar-refractivity contribution in [1.82, 2.24) is 44.8 Å². The molecule has 19 nitrogen and oxygen atoms in total. The molecule has 4 fully saturated rings. The lowest BCUT2D eigenvalue weighted by atomic mass is 9.72. The molecule has 3 aromatic heterocycles. The summed E-state index contributed by atoms with van der Waals surface area (Å²) >= 11 is 6.64. The van der Waals surface area contributed by atoms with Gasteiger partial charge >= 0.3 is 0 Å². The van der Waals surface area contributed by atoms with Crippen LogP contribution >= 0.6 is 18.7 Å². The van der Waals surface area contributed by atoms with Crippen LogP contribution in [-0.4, -0.2) is 135 Å². The van der Waals surface area contributed by atoms with E-state index in [1.54, 1.807) is 74.1 Å². The number of aromatic nitrogens is 6. The molecule has 0 radical (unpaired) electrons. The lowest BCUT2D eigenvalue weighted by Crippen LogP contribution is -2.54. The summed E-state index contributed by atoms with van der Waals surface area (Å²) in [4.78, 5) is 77.5. The molecule has 74 heavy (non-hydrogen) atoms. The van der Waals surface area contributed by atoms with Crippen LogP contribution in [0.3, 0.4) is 0 Å². The Labute approximate surface area is 431 Å². The highest BCUT2D eigenvalue weighted by Gasteiger charge is 2.46. The lowest BCUT2D eigenvalue weighted by Gasteiger charge is -2.50. The third kappa shape index (κ3) is 9.10. The molecule has 8 heterocycles. The van der Waals surface area contributed by atoms with Crippen molar-refractivity contribution in [2.24, 2.45) is 12.5 Å². The highest BCUT2D eigenvalue weighted by molar-refractivity contribution is 7.71. The summed E-state index contributed by atoms with van der Waals surface area (Å²) < 4.78 is 38.6. The molecule has 4 amide bonds. The molecule has 3 aromatic carbocycles. The number of hydrogen-bond donors (Lipinski definition) is 3.